The van der Waals surface area contributed by atoms with E-state index < -0.39 is 23.7 Å². The molecule has 0 spiro atoms. The Morgan fingerprint density at radius 2 is 2.00 bits per heavy atom. The van der Waals surface area contributed by atoms with Gasteiger partial charge in [-0.05, 0) is 46.5 Å². The number of nitrogens with zero attached hydrogens (tertiary/aromatic N) is 3. The Bertz CT molecular complexity index is 611. The normalized spacial score (nSPS) is 19.3. The molecule has 1 atom stereocenters. The van der Waals surface area contributed by atoms with Gasteiger partial charge in [-0.1, -0.05) is 0 Å². The second kappa shape index (κ2) is 5.54. The maximum atomic E-state index is 12.6. The van der Waals surface area contributed by atoms with Crippen molar-refractivity contribution in [2.75, 3.05) is 0 Å². The number of carboxylic acid groups (broad SMARTS) is 1. The first-order chi connectivity index (χ1) is 10.8. The first kappa shape index (κ1) is 15.8. The molecule has 1 N–H and O–H groups in total. The highest BCUT2D eigenvalue weighted by atomic mass is 16.6. The third kappa shape index (κ3) is 3.48. The number of imidazole rings is 1. The summed E-state index contributed by atoms with van der Waals surface area (Å²) in [6, 6.07) is -0.831. The molecule has 1 aromatic rings. The summed E-state index contributed by atoms with van der Waals surface area (Å²) >= 11 is 0. The van der Waals surface area contributed by atoms with Crippen molar-refractivity contribution in [2.45, 2.75) is 70.2 Å². The van der Waals surface area contributed by atoms with Crippen molar-refractivity contribution in [3.05, 3.63) is 18.2 Å². The van der Waals surface area contributed by atoms with Gasteiger partial charge in [0.05, 0.1) is 18.2 Å². The Kier molecular flexibility index (Phi) is 3.82. The van der Waals surface area contributed by atoms with Crippen molar-refractivity contribution in [1.82, 2.24) is 14.5 Å². The molecule has 2 aliphatic carbocycles. The fourth-order valence-electron chi connectivity index (χ4n) is 2.71. The minimum absolute atomic E-state index is 0.0755. The van der Waals surface area contributed by atoms with E-state index in [1.807, 2.05) is 4.57 Å². The molecule has 1 heterocycles. The van der Waals surface area contributed by atoms with Crippen LogP contribution in [0.2, 0.25) is 0 Å². The van der Waals surface area contributed by atoms with Gasteiger partial charge >= 0.3 is 12.1 Å². The van der Waals surface area contributed by atoms with Crippen LogP contribution in [-0.2, 0) is 9.53 Å². The van der Waals surface area contributed by atoms with Crippen LogP contribution < -0.4 is 0 Å². The van der Waals surface area contributed by atoms with Crippen LogP contribution in [-0.4, -0.2) is 43.3 Å². The summed E-state index contributed by atoms with van der Waals surface area (Å²) in [6.45, 7) is 5.33. The third-order valence-electron chi connectivity index (χ3n) is 3.97. The molecule has 2 fully saturated rings. The molecule has 3 rings (SSSR count). The Morgan fingerprint density at radius 1 is 1.35 bits per heavy atom. The van der Waals surface area contributed by atoms with Gasteiger partial charge in [-0.3, -0.25) is 4.90 Å². The first-order valence-electron chi connectivity index (χ1n) is 8.04. The van der Waals surface area contributed by atoms with Crippen LogP contribution in [0.3, 0.4) is 0 Å². The molecular formula is C16H23N3O4. The molecule has 2 aliphatic rings. The smallest absolute Gasteiger partial charge is 0.411 e. The summed E-state index contributed by atoms with van der Waals surface area (Å²) in [4.78, 5) is 30.0. The van der Waals surface area contributed by atoms with Crippen molar-refractivity contribution in [3.8, 4) is 0 Å². The van der Waals surface area contributed by atoms with Gasteiger partial charge in [0.15, 0.2) is 6.04 Å². The maximum absolute atomic E-state index is 12.6. The zero-order valence-electron chi connectivity index (χ0n) is 13.7. The molecule has 0 radical (unpaired) electrons. The van der Waals surface area contributed by atoms with E-state index in [4.69, 9.17) is 4.74 Å². The summed E-state index contributed by atoms with van der Waals surface area (Å²) in [6.07, 6.45) is 6.29. The van der Waals surface area contributed by atoms with Crippen LogP contribution in [0.1, 0.15) is 64.2 Å². The molecule has 7 nitrogen and oxygen atoms in total. The predicted molar refractivity (Wildman–Crippen MR) is 82.0 cm³/mol. The number of aromatic nitrogens is 2. The van der Waals surface area contributed by atoms with Gasteiger partial charge in [0.25, 0.3) is 0 Å². The van der Waals surface area contributed by atoms with Crippen LogP contribution in [0, 0.1) is 0 Å². The Balaban J connectivity index is 1.92. The van der Waals surface area contributed by atoms with Crippen molar-refractivity contribution < 1.29 is 19.4 Å². The molecule has 1 aromatic heterocycles. The monoisotopic (exact) mass is 321 g/mol. The number of carbonyl (C=O) groups is 2. The van der Waals surface area contributed by atoms with E-state index in [1.54, 1.807) is 33.3 Å². The molecule has 7 heteroatoms. The SMILES string of the molecule is CC(C)(C)OC(=O)N(C1CC1)C(C(=O)O)c1cncn1C1CC1. The summed E-state index contributed by atoms with van der Waals surface area (Å²) < 4.78 is 7.33. The zero-order valence-corrected chi connectivity index (χ0v) is 13.7. The Labute approximate surface area is 135 Å². The lowest BCUT2D eigenvalue weighted by Gasteiger charge is -2.31. The van der Waals surface area contributed by atoms with Crippen LogP contribution in [0.15, 0.2) is 12.5 Å². The lowest BCUT2D eigenvalue weighted by atomic mass is 10.1. The molecule has 0 aliphatic heterocycles. The van der Waals surface area contributed by atoms with E-state index in [1.165, 1.54) is 4.90 Å². The summed E-state index contributed by atoms with van der Waals surface area (Å²) in [5, 5.41) is 9.78. The third-order valence-corrected chi connectivity index (χ3v) is 3.97. The highest BCUT2D eigenvalue weighted by molar-refractivity contribution is 5.81. The quantitative estimate of drug-likeness (QED) is 0.901. The van der Waals surface area contributed by atoms with Gasteiger partial charge in [0, 0.05) is 12.1 Å². The highest BCUT2D eigenvalue weighted by Gasteiger charge is 2.45. The molecule has 2 saturated carbocycles. The van der Waals surface area contributed by atoms with E-state index >= 15 is 0 Å². The van der Waals surface area contributed by atoms with Crippen molar-refractivity contribution in [1.29, 1.82) is 0 Å². The molecule has 1 amide bonds. The highest BCUT2D eigenvalue weighted by Crippen LogP contribution is 2.40. The summed E-state index contributed by atoms with van der Waals surface area (Å²) in [5.74, 6) is -1.05. The van der Waals surface area contributed by atoms with Gasteiger partial charge in [-0.15, -0.1) is 0 Å². The number of aliphatic carboxylic acids is 1. The molecule has 0 bridgehead atoms. The summed E-state index contributed by atoms with van der Waals surface area (Å²) in [7, 11) is 0. The van der Waals surface area contributed by atoms with Crippen LogP contribution in [0.4, 0.5) is 4.79 Å². The number of rotatable bonds is 5. The fourth-order valence-corrected chi connectivity index (χ4v) is 2.71. The molecular weight excluding hydrogens is 298 g/mol. The Morgan fingerprint density at radius 3 is 2.48 bits per heavy atom. The molecule has 0 saturated heterocycles. The molecule has 1 unspecified atom stereocenters. The minimum Gasteiger partial charge on any atom is -0.479 e. The second-order valence-electron chi connectivity index (χ2n) is 7.32. The maximum Gasteiger partial charge on any atom is 0.411 e. The average molecular weight is 321 g/mol. The Hall–Kier alpha value is -2.05. The number of carboxylic acids is 1. The number of carbonyl (C=O) groups excluding carboxylic acids is 1. The average Bonchev–Trinajstić information content (AvgIpc) is 3.33. The van der Waals surface area contributed by atoms with Crippen molar-refractivity contribution in [3.63, 3.8) is 0 Å². The number of hydrogen-bond donors (Lipinski definition) is 1. The van der Waals surface area contributed by atoms with Crippen molar-refractivity contribution in [2.24, 2.45) is 0 Å². The van der Waals surface area contributed by atoms with Crippen LogP contribution in [0.25, 0.3) is 0 Å². The van der Waals surface area contributed by atoms with Gasteiger partial charge in [0.2, 0.25) is 0 Å². The van der Waals surface area contributed by atoms with Gasteiger partial charge in [-0.25, -0.2) is 14.6 Å². The molecule has 0 aromatic carbocycles. The van der Waals surface area contributed by atoms with Gasteiger partial charge in [0.1, 0.15) is 5.60 Å². The van der Waals surface area contributed by atoms with Crippen LogP contribution in [0.5, 0.6) is 0 Å². The summed E-state index contributed by atoms with van der Waals surface area (Å²) in [5.41, 5.74) is -0.109. The minimum atomic E-state index is -1.06. The first-order valence-corrected chi connectivity index (χ1v) is 8.04. The molecule has 126 valence electrons. The topological polar surface area (TPSA) is 84.7 Å². The van der Waals surface area contributed by atoms with E-state index in [2.05, 4.69) is 4.98 Å². The zero-order chi connectivity index (χ0) is 16.8. The van der Waals surface area contributed by atoms with E-state index in [0.29, 0.717) is 11.7 Å². The van der Waals surface area contributed by atoms with Crippen LogP contribution >= 0.6 is 0 Å². The van der Waals surface area contributed by atoms with Gasteiger partial charge < -0.3 is 14.4 Å². The van der Waals surface area contributed by atoms with E-state index in [9.17, 15) is 14.7 Å². The largest absolute Gasteiger partial charge is 0.479 e. The van der Waals surface area contributed by atoms with E-state index in [0.717, 1.165) is 25.7 Å². The standard InChI is InChI=1S/C16H23N3O4/c1-16(2,3)23-15(22)19(11-6-7-11)13(14(20)21)12-8-17-9-18(12)10-4-5-10/h8-11,13H,4-7H2,1-3H3,(H,20,21). The number of hydrogen-bond acceptors (Lipinski definition) is 4. The van der Waals surface area contributed by atoms with E-state index in [-0.39, 0.29) is 6.04 Å². The number of ether oxygens (including phenoxy) is 1. The molecule has 23 heavy (non-hydrogen) atoms. The second-order valence-corrected chi connectivity index (χ2v) is 7.32. The van der Waals surface area contributed by atoms with Gasteiger partial charge in [-0.2, -0.15) is 0 Å². The lowest BCUT2D eigenvalue weighted by Crippen LogP contribution is -2.44. The van der Waals surface area contributed by atoms with Crippen molar-refractivity contribution >= 4 is 12.1 Å². The lowest BCUT2D eigenvalue weighted by molar-refractivity contribution is -0.144. The predicted octanol–water partition coefficient (Wildman–Crippen LogP) is 2.74. The fraction of sp³-hybridized carbons (Fsp3) is 0.688. The number of amides is 1.